The summed E-state index contributed by atoms with van der Waals surface area (Å²) in [6, 6.07) is 11.9. The van der Waals surface area contributed by atoms with Crippen LogP contribution in [0.3, 0.4) is 0 Å². The van der Waals surface area contributed by atoms with Crippen LogP contribution in [0.15, 0.2) is 72.0 Å². The number of allylic oxidation sites excluding steroid dienone is 3. The van der Waals surface area contributed by atoms with Crippen LogP contribution in [0.4, 0.5) is 0 Å². The molecule has 130 valence electrons. The Labute approximate surface area is 151 Å². The largest absolute Gasteiger partial charge is 0.478 e. The summed E-state index contributed by atoms with van der Waals surface area (Å²) in [5.41, 5.74) is 5.82. The van der Waals surface area contributed by atoms with E-state index in [2.05, 4.69) is 21.4 Å². The fourth-order valence-electron chi connectivity index (χ4n) is 3.77. The Morgan fingerprint density at radius 2 is 2.00 bits per heavy atom. The first-order chi connectivity index (χ1) is 12.6. The van der Waals surface area contributed by atoms with Crippen molar-refractivity contribution in [2.75, 3.05) is 0 Å². The fraction of sp³-hybridized carbons (Fsp3) is 0.143. The number of hydrogen-bond donors (Lipinski definition) is 3. The van der Waals surface area contributed by atoms with E-state index in [1.807, 2.05) is 50.4 Å². The summed E-state index contributed by atoms with van der Waals surface area (Å²) in [5.74, 6) is -1.28. The molecule has 2 aromatic heterocycles. The molecule has 0 saturated carbocycles. The van der Waals surface area contributed by atoms with Crippen molar-refractivity contribution in [3.63, 3.8) is 0 Å². The molecular formula is C21H19N3O2. The normalized spacial score (nSPS) is 17.5. The lowest BCUT2D eigenvalue weighted by Crippen LogP contribution is -2.27. The van der Waals surface area contributed by atoms with Gasteiger partial charge in [-0.1, -0.05) is 12.1 Å². The SMILES string of the molecule is CC1=C(C(=O)O)C(c2ccc3[nH]ccc3c2)C(c2cccnc2)=C(C)N1. The van der Waals surface area contributed by atoms with Crippen LogP contribution in [0.25, 0.3) is 16.5 Å². The number of nitrogens with zero attached hydrogens (tertiary/aromatic N) is 1. The molecule has 0 radical (unpaired) electrons. The van der Waals surface area contributed by atoms with Gasteiger partial charge in [0.25, 0.3) is 0 Å². The zero-order valence-corrected chi connectivity index (χ0v) is 14.6. The number of aromatic nitrogens is 2. The minimum atomic E-state index is -0.914. The third-order valence-electron chi connectivity index (χ3n) is 4.87. The van der Waals surface area contributed by atoms with E-state index in [0.29, 0.717) is 11.3 Å². The van der Waals surface area contributed by atoms with Gasteiger partial charge in [-0.2, -0.15) is 0 Å². The molecule has 4 rings (SSSR count). The van der Waals surface area contributed by atoms with Crippen molar-refractivity contribution in [3.8, 4) is 0 Å². The number of carboxylic acid groups (broad SMARTS) is 1. The summed E-state index contributed by atoms with van der Waals surface area (Å²) in [6.45, 7) is 3.79. The van der Waals surface area contributed by atoms with Crippen LogP contribution in [-0.2, 0) is 4.79 Å². The van der Waals surface area contributed by atoms with Crippen LogP contribution in [0.5, 0.6) is 0 Å². The lowest BCUT2D eigenvalue weighted by atomic mass is 9.78. The first-order valence-electron chi connectivity index (χ1n) is 8.45. The van der Waals surface area contributed by atoms with Gasteiger partial charge in [0.2, 0.25) is 0 Å². The van der Waals surface area contributed by atoms with Crippen molar-refractivity contribution in [1.82, 2.24) is 15.3 Å². The number of nitrogens with one attached hydrogen (secondary N) is 2. The summed E-state index contributed by atoms with van der Waals surface area (Å²) in [6.07, 6.45) is 5.39. The second-order valence-electron chi connectivity index (χ2n) is 6.51. The van der Waals surface area contributed by atoms with Crippen LogP contribution >= 0.6 is 0 Å². The van der Waals surface area contributed by atoms with Gasteiger partial charge in [0.05, 0.1) is 5.57 Å². The molecule has 0 amide bonds. The van der Waals surface area contributed by atoms with E-state index in [1.54, 1.807) is 12.4 Å². The van der Waals surface area contributed by atoms with E-state index >= 15 is 0 Å². The first kappa shape index (κ1) is 16.1. The number of rotatable bonds is 3. The molecule has 26 heavy (non-hydrogen) atoms. The van der Waals surface area contributed by atoms with Gasteiger partial charge in [-0.3, -0.25) is 4.98 Å². The predicted octanol–water partition coefficient (Wildman–Crippen LogP) is 4.04. The van der Waals surface area contributed by atoms with E-state index in [-0.39, 0.29) is 5.92 Å². The lowest BCUT2D eigenvalue weighted by molar-refractivity contribution is -0.132. The highest BCUT2D eigenvalue weighted by molar-refractivity contribution is 5.97. The number of pyridine rings is 1. The molecule has 3 N–H and O–H groups in total. The number of H-pyrrole nitrogens is 1. The van der Waals surface area contributed by atoms with E-state index in [0.717, 1.165) is 33.3 Å². The fourth-order valence-corrected chi connectivity index (χ4v) is 3.77. The molecule has 0 spiro atoms. The highest BCUT2D eigenvalue weighted by atomic mass is 16.4. The molecule has 5 heteroatoms. The third-order valence-corrected chi connectivity index (χ3v) is 4.87. The monoisotopic (exact) mass is 345 g/mol. The van der Waals surface area contributed by atoms with Crippen LogP contribution in [-0.4, -0.2) is 21.0 Å². The van der Waals surface area contributed by atoms with Gasteiger partial charge in [-0.05, 0) is 60.2 Å². The minimum Gasteiger partial charge on any atom is -0.478 e. The summed E-state index contributed by atoms with van der Waals surface area (Å²) in [5, 5.41) is 14.2. The van der Waals surface area contributed by atoms with Crippen molar-refractivity contribution >= 4 is 22.4 Å². The Morgan fingerprint density at radius 3 is 2.73 bits per heavy atom. The van der Waals surface area contributed by atoms with Gasteiger partial charge in [0, 0.05) is 41.4 Å². The molecule has 1 aromatic carbocycles. The van der Waals surface area contributed by atoms with Gasteiger partial charge in [0.15, 0.2) is 0 Å². The molecule has 0 fully saturated rings. The lowest BCUT2D eigenvalue weighted by Gasteiger charge is -2.31. The maximum atomic E-state index is 12.1. The summed E-state index contributed by atoms with van der Waals surface area (Å²) in [7, 11) is 0. The Bertz CT molecular complexity index is 1060. The van der Waals surface area contributed by atoms with Gasteiger partial charge in [0.1, 0.15) is 0 Å². The number of hydrogen-bond acceptors (Lipinski definition) is 3. The molecule has 0 bridgehead atoms. The first-order valence-corrected chi connectivity index (χ1v) is 8.45. The molecule has 0 aliphatic carbocycles. The standard InChI is InChI=1S/C21H19N3O2/c1-12-18(16-4-3-8-22-11-16)20(19(21(25)26)13(2)24-12)15-5-6-17-14(10-15)7-9-23-17/h3-11,20,23-24H,1-2H3,(H,25,26). The van der Waals surface area contributed by atoms with E-state index < -0.39 is 5.97 Å². The highest BCUT2D eigenvalue weighted by Crippen LogP contribution is 2.43. The number of aliphatic carboxylic acids is 1. The highest BCUT2D eigenvalue weighted by Gasteiger charge is 2.33. The molecule has 5 nitrogen and oxygen atoms in total. The molecule has 1 atom stereocenters. The maximum absolute atomic E-state index is 12.1. The second-order valence-corrected chi connectivity index (χ2v) is 6.51. The molecule has 3 aromatic rings. The molecule has 3 heterocycles. The average Bonchev–Trinajstić information content (AvgIpc) is 3.09. The molecule has 1 aliphatic heterocycles. The van der Waals surface area contributed by atoms with Crippen LogP contribution < -0.4 is 5.32 Å². The Balaban J connectivity index is 1.96. The van der Waals surface area contributed by atoms with Crippen LogP contribution in [0.1, 0.15) is 30.9 Å². The Hall–Kier alpha value is -3.34. The van der Waals surface area contributed by atoms with Gasteiger partial charge >= 0.3 is 5.97 Å². The van der Waals surface area contributed by atoms with E-state index in [1.165, 1.54) is 0 Å². The second kappa shape index (κ2) is 6.19. The summed E-state index contributed by atoms with van der Waals surface area (Å²) < 4.78 is 0. The number of benzene rings is 1. The third kappa shape index (κ3) is 2.58. The van der Waals surface area contributed by atoms with Crippen LogP contribution in [0, 0.1) is 0 Å². The van der Waals surface area contributed by atoms with Crippen molar-refractivity contribution < 1.29 is 9.90 Å². The number of carboxylic acids is 1. The van der Waals surface area contributed by atoms with Gasteiger partial charge < -0.3 is 15.4 Å². The quantitative estimate of drug-likeness (QED) is 0.669. The summed E-state index contributed by atoms with van der Waals surface area (Å²) in [4.78, 5) is 19.5. The topological polar surface area (TPSA) is 78.0 Å². The van der Waals surface area contributed by atoms with Gasteiger partial charge in [-0.15, -0.1) is 0 Å². The van der Waals surface area contributed by atoms with Crippen molar-refractivity contribution in [2.24, 2.45) is 0 Å². The van der Waals surface area contributed by atoms with E-state index in [4.69, 9.17) is 0 Å². The van der Waals surface area contributed by atoms with Crippen molar-refractivity contribution in [3.05, 3.63) is 83.1 Å². The molecular weight excluding hydrogens is 326 g/mol. The average molecular weight is 345 g/mol. The molecule has 1 unspecified atom stereocenters. The molecule has 1 aliphatic rings. The minimum absolute atomic E-state index is 0.364. The van der Waals surface area contributed by atoms with Gasteiger partial charge in [-0.25, -0.2) is 4.79 Å². The Kier molecular flexibility index (Phi) is 3.84. The number of dihydropyridines is 1. The number of fused-ring (bicyclic) bond motifs is 1. The number of carbonyl (C=O) groups is 1. The van der Waals surface area contributed by atoms with Crippen molar-refractivity contribution in [2.45, 2.75) is 19.8 Å². The maximum Gasteiger partial charge on any atom is 0.334 e. The van der Waals surface area contributed by atoms with Crippen molar-refractivity contribution in [1.29, 1.82) is 0 Å². The zero-order chi connectivity index (χ0) is 18.3. The zero-order valence-electron chi connectivity index (χ0n) is 14.6. The Morgan fingerprint density at radius 1 is 1.15 bits per heavy atom. The van der Waals surface area contributed by atoms with Crippen LogP contribution in [0.2, 0.25) is 0 Å². The van der Waals surface area contributed by atoms with E-state index in [9.17, 15) is 9.90 Å². The predicted molar refractivity (Wildman–Crippen MR) is 101 cm³/mol. The number of aromatic amines is 1. The molecule has 0 saturated heterocycles. The smallest absolute Gasteiger partial charge is 0.334 e. The summed E-state index contributed by atoms with van der Waals surface area (Å²) >= 11 is 0.